The van der Waals surface area contributed by atoms with Crippen molar-refractivity contribution in [2.24, 2.45) is 0 Å². The number of carbonyl (C=O) groups is 1. The average molecular weight is 283 g/mol. The molecule has 0 aliphatic heterocycles. The highest BCUT2D eigenvalue weighted by Crippen LogP contribution is 1.98. The van der Waals surface area contributed by atoms with E-state index in [1.807, 2.05) is 0 Å². The third-order valence-corrected chi connectivity index (χ3v) is 2.51. The van der Waals surface area contributed by atoms with Gasteiger partial charge < -0.3 is 15.3 Å². The molecule has 0 saturated carbocycles. The zero-order valence-corrected chi connectivity index (χ0v) is 11.0. The number of nitrogens with zero attached hydrogens (tertiary/aromatic N) is 1. The number of carboxylic acid groups (broad SMARTS) is 1. The van der Waals surface area contributed by atoms with E-state index >= 15 is 0 Å². The normalized spacial score (nSPS) is 14.0. The van der Waals surface area contributed by atoms with Crippen LogP contribution in [0.2, 0.25) is 0 Å². The molecule has 0 heterocycles. The molecule has 1 aromatic carbocycles. The molecule has 3 N–H and O–H groups in total. The number of hydrogen-bond donors (Lipinski definition) is 3. The summed E-state index contributed by atoms with van der Waals surface area (Å²) >= 11 is 0. The van der Waals surface area contributed by atoms with Crippen LogP contribution in [0.1, 0.15) is 5.56 Å². The summed E-state index contributed by atoms with van der Waals surface area (Å²) in [6.07, 6.45) is 9.40. The molecule has 0 amide bonds. The molecular weight excluding hydrogens is 270 g/mol. The fourth-order valence-electron chi connectivity index (χ4n) is 1.47. The van der Waals surface area contributed by atoms with Gasteiger partial charge >= 0.3 is 5.97 Å². The van der Waals surface area contributed by atoms with Gasteiger partial charge in [0, 0.05) is 10.4 Å². The van der Waals surface area contributed by atoms with E-state index in [9.17, 15) is 4.79 Å². The van der Waals surface area contributed by atoms with Crippen molar-refractivity contribution in [3.8, 4) is 6.07 Å². The van der Waals surface area contributed by atoms with Gasteiger partial charge in [-0.25, -0.2) is 4.79 Å². The fraction of sp³-hybridized carbons (Fsp3) is 0. The van der Waals surface area contributed by atoms with Gasteiger partial charge in [0.15, 0.2) is 0 Å². The fourth-order valence-corrected chi connectivity index (χ4v) is 1.47. The predicted molar refractivity (Wildman–Crippen MR) is 79.4 cm³/mol. The van der Waals surface area contributed by atoms with E-state index in [-0.39, 0.29) is 5.57 Å². The first-order valence-corrected chi connectivity index (χ1v) is 5.89. The lowest BCUT2D eigenvalue weighted by molar-refractivity contribution is -0.132. The lowest BCUT2D eigenvalue weighted by Gasteiger charge is -1.93. The third-order valence-electron chi connectivity index (χ3n) is 2.51. The van der Waals surface area contributed by atoms with Gasteiger partial charge in [-0.3, -0.25) is 0 Å². The first-order chi connectivity index (χ1) is 10.1. The second kappa shape index (κ2) is 8.02. The number of aliphatic hydroxyl groups is 2. The average Bonchev–Trinajstić information content (AvgIpc) is 2.50. The van der Waals surface area contributed by atoms with Crippen LogP contribution in [-0.2, 0) is 4.79 Å². The van der Waals surface area contributed by atoms with Crippen LogP contribution in [-0.4, -0.2) is 21.3 Å². The number of aliphatic carboxylic acids is 1. The second-order valence-corrected chi connectivity index (χ2v) is 3.89. The quantitative estimate of drug-likeness (QED) is 0.440. The van der Waals surface area contributed by atoms with E-state index in [2.05, 4.69) is 0 Å². The van der Waals surface area contributed by atoms with E-state index in [4.69, 9.17) is 20.6 Å². The van der Waals surface area contributed by atoms with Crippen LogP contribution >= 0.6 is 0 Å². The van der Waals surface area contributed by atoms with Crippen LogP contribution in [0, 0.1) is 11.3 Å². The van der Waals surface area contributed by atoms with Crippen LogP contribution in [0.4, 0.5) is 0 Å². The lowest BCUT2D eigenvalue weighted by atomic mass is 10.1. The van der Waals surface area contributed by atoms with Crippen molar-refractivity contribution < 1.29 is 20.1 Å². The molecule has 21 heavy (non-hydrogen) atoms. The van der Waals surface area contributed by atoms with Crippen molar-refractivity contribution in [2.45, 2.75) is 0 Å². The maximum Gasteiger partial charge on any atom is 0.346 e. The monoisotopic (exact) mass is 283 g/mol. The number of hydrogen-bond acceptors (Lipinski definition) is 4. The van der Waals surface area contributed by atoms with Crippen molar-refractivity contribution >= 4 is 24.6 Å². The molecule has 106 valence electrons. The van der Waals surface area contributed by atoms with Crippen LogP contribution in [0.3, 0.4) is 0 Å². The van der Waals surface area contributed by atoms with Crippen molar-refractivity contribution in [1.29, 1.82) is 5.26 Å². The van der Waals surface area contributed by atoms with Gasteiger partial charge in [0.1, 0.15) is 11.6 Å². The number of carboxylic acids is 1. The summed E-state index contributed by atoms with van der Waals surface area (Å²) in [5, 5.41) is 36.1. The Morgan fingerprint density at radius 1 is 1.10 bits per heavy atom. The standard InChI is InChI=1S/C16H13NO4/c17-9-13(16(20)21)5-3-1-2-4-12-6-7-14(10-18)15(8-12)11-19/h1-8,10-11,18-19H,(H,20,21). The van der Waals surface area contributed by atoms with Gasteiger partial charge in [-0.05, 0) is 17.7 Å². The topological polar surface area (TPSA) is 102 Å². The summed E-state index contributed by atoms with van der Waals surface area (Å²) in [5.74, 6) is -1.27. The Morgan fingerprint density at radius 3 is 2.38 bits per heavy atom. The molecule has 0 aromatic heterocycles. The molecule has 1 rings (SSSR count). The number of rotatable bonds is 4. The summed E-state index contributed by atoms with van der Waals surface area (Å²) in [7, 11) is 0. The van der Waals surface area contributed by atoms with E-state index in [0.717, 1.165) is 18.1 Å². The smallest absolute Gasteiger partial charge is 0.346 e. The van der Waals surface area contributed by atoms with Crippen LogP contribution < -0.4 is 10.4 Å². The number of allylic oxidation sites excluding steroid dienone is 4. The van der Waals surface area contributed by atoms with E-state index in [0.29, 0.717) is 10.4 Å². The maximum absolute atomic E-state index is 10.6. The highest BCUT2D eigenvalue weighted by atomic mass is 16.4. The molecule has 5 nitrogen and oxygen atoms in total. The highest BCUT2D eigenvalue weighted by Gasteiger charge is 2.01. The molecule has 0 spiro atoms. The van der Waals surface area contributed by atoms with Gasteiger partial charge in [-0.2, -0.15) is 5.26 Å². The van der Waals surface area contributed by atoms with Gasteiger partial charge in [0.2, 0.25) is 0 Å². The molecule has 0 atom stereocenters. The molecule has 0 aliphatic rings. The minimum atomic E-state index is -1.27. The van der Waals surface area contributed by atoms with Crippen molar-refractivity contribution in [1.82, 2.24) is 0 Å². The molecule has 0 unspecified atom stereocenters. The molecule has 0 saturated heterocycles. The summed E-state index contributed by atoms with van der Waals surface area (Å²) in [6, 6.07) is 6.62. The molecule has 5 heteroatoms. The first kappa shape index (κ1) is 15.8. The molecule has 0 bridgehead atoms. The molecule has 0 aliphatic carbocycles. The van der Waals surface area contributed by atoms with Crippen LogP contribution in [0.15, 0.2) is 48.1 Å². The highest BCUT2D eigenvalue weighted by molar-refractivity contribution is 5.91. The van der Waals surface area contributed by atoms with Gasteiger partial charge in [-0.1, -0.05) is 36.4 Å². The summed E-state index contributed by atoms with van der Waals surface area (Å²) in [5.41, 5.74) is 0.438. The molecule has 0 radical (unpaired) electrons. The number of aliphatic hydroxyl groups excluding tert-OH is 2. The summed E-state index contributed by atoms with van der Waals surface area (Å²) in [4.78, 5) is 10.6. The molecule has 0 fully saturated rings. The Balaban J connectivity index is 2.89. The largest absolute Gasteiger partial charge is 0.515 e. The second-order valence-electron chi connectivity index (χ2n) is 3.89. The lowest BCUT2D eigenvalue weighted by Crippen LogP contribution is -2.24. The Kier molecular flexibility index (Phi) is 6.03. The van der Waals surface area contributed by atoms with E-state index in [1.54, 1.807) is 42.5 Å². The van der Waals surface area contributed by atoms with Crippen molar-refractivity contribution in [3.63, 3.8) is 0 Å². The minimum absolute atomic E-state index is 0.348. The maximum atomic E-state index is 10.6. The SMILES string of the molecule is N#CC(=CC=CC=Cc1ccc(=CO)c(=CO)c1)C(=O)O. The summed E-state index contributed by atoms with van der Waals surface area (Å²) in [6.45, 7) is 0. The van der Waals surface area contributed by atoms with Gasteiger partial charge in [-0.15, -0.1) is 0 Å². The first-order valence-electron chi connectivity index (χ1n) is 5.89. The van der Waals surface area contributed by atoms with Crippen LogP contribution in [0.5, 0.6) is 0 Å². The Hall–Kier alpha value is -3.26. The Labute approximate surface area is 121 Å². The van der Waals surface area contributed by atoms with Gasteiger partial charge in [0.05, 0.1) is 12.5 Å². The van der Waals surface area contributed by atoms with E-state index in [1.165, 1.54) is 12.2 Å². The predicted octanol–water partition coefficient (Wildman–Crippen LogP) is 1.38. The van der Waals surface area contributed by atoms with E-state index < -0.39 is 5.97 Å². The third kappa shape index (κ3) is 4.73. The zero-order chi connectivity index (χ0) is 15.7. The van der Waals surface area contributed by atoms with Crippen molar-refractivity contribution in [2.75, 3.05) is 0 Å². The number of nitriles is 1. The molecule has 1 aromatic rings. The van der Waals surface area contributed by atoms with Crippen LogP contribution in [0.25, 0.3) is 18.6 Å². The minimum Gasteiger partial charge on any atom is -0.515 e. The number of benzene rings is 1. The van der Waals surface area contributed by atoms with Crippen molar-refractivity contribution in [3.05, 3.63) is 64.1 Å². The Morgan fingerprint density at radius 2 is 1.81 bits per heavy atom. The van der Waals surface area contributed by atoms with Gasteiger partial charge in [0.25, 0.3) is 0 Å². The summed E-state index contributed by atoms with van der Waals surface area (Å²) < 4.78 is 0. The Bertz CT molecular complexity index is 764. The molecular formula is C16H13NO4. The zero-order valence-electron chi connectivity index (χ0n) is 11.0.